The minimum atomic E-state index is -0.804. The maximum Gasteiger partial charge on any atom is 0.312 e. The van der Waals surface area contributed by atoms with E-state index in [1.165, 1.54) is 0 Å². The number of H-pyrrole nitrogens is 1. The van der Waals surface area contributed by atoms with Gasteiger partial charge in [-0.25, -0.2) is 0 Å². The van der Waals surface area contributed by atoms with E-state index in [9.17, 15) is 4.79 Å². The molecule has 70 valence electrons. The SMILES string of the molecule is CC(C(=O)O)c1n[nH]c2c1CCC2. The van der Waals surface area contributed by atoms with Gasteiger partial charge in [0.05, 0.1) is 11.6 Å². The normalized spacial score (nSPS) is 17.0. The van der Waals surface area contributed by atoms with E-state index in [0.29, 0.717) is 0 Å². The van der Waals surface area contributed by atoms with Crippen molar-refractivity contribution < 1.29 is 9.90 Å². The van der Waals surface area contributed by atoms with Gasteiger partial charge in [0.15, 0.2) is 0 Å². The van der Waals surface area contributed by atoms with E-state index in [0.717, 1.165) is 36.2 Å². The van der Waals surface area contributed by atoms with Crippen LogP contribution in [0.1, 0.15) is 36.2 Å². The highest BCUT2D eigenvalue weighted by atomic mass is 16.4. The van der Waals surface area contributed by atoms with Gasteiger partial charge in [0, 0.05) is 5.69 Å². The van der Waals surface area contributed by atoms with E-state index in [2.05, 4.69) is 10.2 Å². The smallest absolute Gasteiger partial charge is 0.312 e. The molecule has 4 heteroatoms. The number of carbonyl (C=O) groups is 1. The fourth-order valence-corrected chi connectivity index (χ4v) is 1.82. The molecule has 1 heterocycles. The van der Waals surface area contributed by atoms with Gasteiger partial charge in [0.1, 0.15) is 0 Å². The van der Waals surface area contributed by atoms with Crippen LogP contribution in [-0.4, -0.2) is 21.3 Å². The Morgan fingerprint density at radius 2 is 2.38 bits per heavy atom. The number of aromatic nitrogens is 2. The van der Waals surface area contributed by atoms with Gasteiger partial charge in [-0.1, -0.05) is 0 Å². The third-order valence-electron chi connectivity index (χ3n) is 2.62. The van der Waals surface area contributed by atoms with Crippen LogP contribution in [0.5, 0.6) is 0 Å². The van der Waals surface area contributed by atoms with Crippen molar-refractivity contribution in [2.24, 2.45) is 0 Å². The first-order valence-electron chi connectivity index (χ1n) is 4.49. The summed E-state index contributed by atoms with van der Waals surface area (Å²) in [5, 5.41) is 15.8. The number of nitrogens with zero attached hydrogens (tertiary/aromatic N) is 1. The van der Waals surface area contributed by atoms with Crippen LogP contribution in [0.4, 0.5) is 0 Å². The van der Waals surface area contributed by atoms with Crippen LogP contribution in [-0.2, 0) is 17.6 Å². The zero-order valence-corrected chi connectivity index (χ0v) is 7.50. The highest BCUT2D eigenvalue weighted by Crippen LogP contribution is 2.27. The van der Waals surface area contributed by atoms with Crippen molar-refractivity contribution in [1.29, 1.82) is 0 Å². The Kier molecular flexibility index (Phi) is 1.83. The second-order valence-corrected chi connectivity index (χ2v) is 3.48. The van der Waals surface area contributed by atoms with Gasteiger partial charge in [-0.2, -0.15) is 5.10 Å². The molecular weight excluding hydrogens is 168 g/mol. The predicted molar refractivity (Wildman–Crippen MR) is 46.7 cm³/mol. The van der Waals surface area contributed by atoms with Crippen molar-refractivity contribution in [2.75, 3.05) is 0 Å². The molecule has 0 spiro atoms. The molecule has 1 aliphatic rings. The van der Waals surface area contributed by atoms with Crippen LogP contribution in [0.3, 0.4) is 0 Å². The molecule has 1 aliphatic carbocycles. The molecule has 1 aromatic heterocycles. The fraction of sp³-hybridized carbons (Fsp3) is 0.556. The van der Waals surface area contributed by atoms with Gasteiger partial charge in [-0.3, -0.25) is 9.89 Å². The van der Waals surface area contributed by atoms with Crippen molar-refractivity contribution >= 4 is 5.97 Å². The maximum atomic E-state index is 10.7. The van der Waals surface area contributed by atoms with Crippen LogP contribution < -0.4 is 0 Å². The summed E-state index contributed by atoms with van der Waals surface area (Å²) in [6.07, 6.45) is 3.09. The van der Waals surface area contributed by atoms with Crippen LogP contribution in [0.2, 0.25) is 0 Å². The third-order valence-corrected chi connectivity index (χ3v) is 2.62. The Hall–Kier alpha value is -1.32. The zero-order chi connectivity index (χ0) is 9.42. The van der Waals surface area contributed by atoms with Crippen LogP contribution in [0, 0.1) is 0 Å². The summed E-state index contributed by atoms with van der Waals surface area (Å²) < 4.78 is 0. The van der Waals surface area contributed by atoms with E-state index >= 15 is 0 Å². The largest absolute Gasteiger partial charge is 0.481 e. The quantitative estimate of drug-likeness (QED) is 0.715. The second-order valence-electron chi connectivity index (χ2n) is 3.48. The molecule has 1 atom stereocenters. The zero-order valence-electron chi connectivity index (χ0n) is 7.50. The molecular formula is C9H12N2O2. The Labute approximate surface area is 76.0 Å². The Morgan fingerprint density at radius 1 is 1.62 bits per heavy atom. The van der Waals surface area contributed by atoms with Gasteiger partial charge in [-0.05, 0) is 31.7 Å². The fourth-order valence-electron chi connectivity index (χ4n) is 1.82. The Balaban J connectivity index is 2.36. The van der Waals surface area contributed by atoms with E-state index < -0.39 is 11.9 Å². The molecule has 0 amide bonds. The van der Waals surface area contributed by atoms with Crippen molar-refractivity contribution in [3.05, 3.63) is 17.0 Å². The lowest BCUT2D eigenvalue weighted by Crippen LogP contribution is -2.09. The highest BCUT2D eigenvalue weighted by Gasteiger charge is 2.25. The summed E-state index contributed by atoms with van der Waals surface area (Å²) in [4.78, 5) is 10.7. The molecule has 0 saturated heterocycles. The standard InChI is InChI=1S/C9H12N2O2/c1-5(9(12)13)8-6-3-2-4-7(6)10-11-8/h5H,2-4H2,1H3,(H,10,11)(H,12,13). The van der Waals surface area contributed by atoms with Crippen LogP contribution in [0.25, 0.3) is 0 Å². The number of rotatable bonds is 2. The van der Waals surface area contributed by atoms with Crippen molar-refractivity contribution in [3.8, 4) is 0 Å². The number of hydrogen-bond donors (Lipinski definition) is 2. The monoisotopic (exact) mass is 180 g/mol. The number of carboxylic acids is 1. The lowest BCUT2D eigenvalue weighted by atomic mass is 10.0. The van der Waals surface area contributed by atoms with Crippen LogP contribution in [0.15, 0.2) is 0 Å². The minimum Gasteiger partial charge on any atom is -0.481 e. The summed E-state index contributed by atoms with van der Waals surface area (Å²) >= 11 is 0. The van der Waals surface area contributed by atoms with E-state index in [1.54, 1.807) is 6.92 Å². The second kappa shape index (κ2) is 2.87. The van der Waals surface area contributed by atoms with Crippen molar-refractivity contribution in [1.82, 2.24) is 10.2 Å². The molecule has 2 N–H and O–H groups in total. The molecule has 2 rings (SSSR count). The Bertz CT molecular complexity index is 343. The summed E-state index contributed by atoms with van der Waals surface area (Å²) in [6.45, 7) is 1.68. The van der Waals surface area contributed by atoms with Gasteiger partial charge in [-0.15, -0.1) is 0 Å². The molecule has 0 aliphatic heterocycles. The Morgan fingerprint density at radius 3 is 3.08 bits per heavy atom. The molecule has 4 nitrogen and oxygen atoms in total. The molecule has 0 saturated carbocycles. The van der Waals surface area contributed by atoms with E-state index in [4.69, 9.17) is 5.11 Å². The lowest BCUT2D eigenvalue weighted by molar-refractivity contribution is -0.138. The van der Waals surface area contributed by atoms with Gasteiger partial charge >= 0.3 is 5.97 Å². The lowest BCUT2D eigenvalue weighted by Gasteiger charge is -2.03. The summed E-state index contributed by atoms with van der Waals surface area (Å²) in [5.41, 5.74) is 2.98. The molecule has 13 heavy (non-hydrogen) atoms. The van der Waals surface area contributed by atoms with Gasteiger partial charge < -0.3 is 5.11 Å². The number of carboxylic acid groups (broad SMARTS) is 1. The minimum absolute atomic E-state index is 0.488. The first-order valence-corrected chi connectivity index (χ1v) is 4.49. The molecule has 0 aromatic carbocycles. The topological polar surface area (TPSA) is 66.0 Å². The van der Waals surface area contributed by atoms with Crippen molar-refractivity contribution in [3.63, 3.8) is 0 Å². The summed E-state index contributed by atoms with van der Waals surface area (Å²) in [5.74, 6) is -1.29. The number of nitrogens with one attached hydrogen (secondary N) is 1. The van der Waals surface area contributed by atoms with Crippen LogP contribution >= 0.6 is 0 Å². The number of hydrogen-bond acceptors (Lipinski definition) is 2. The van der Waals surface area contributed by atoms with Crippen molar-refractivity contribution in [2.45, 2.75) is 32.1 Å². The number of fused-ring (bicyclic) bond motifs is 1. The highest BCUT2D eigenvalue weighted by molar-refractivity contribution is 5.75. The molecule has 1 aromatic rings. The molecule has 0 bridgehead atoms. The third kappa shape index (κ3) is 1.22. The number of aryl methyl sites for hydroxylation is 1. The summed E-state index contributed by atoms with van der Waals surface area (Å²) in [6, 6.07) is 0. The molecule has 1 unspecified atom stereocenters. The van der Waals surface area contributed by atoms with Gasteiger partial charge in [0.25, 0.3) is 0 Å². The number of aromatic amines is 1. The van der Waals surface area contributed by atoms with Gasteiger partial charge in [0.2, 0.25) is 0 Å². The van der Waals surface area contributed by atoms with E-state index in [1.807, 2.05) is 0 Å². The average Bonchev–Trinajstić information content (AvgIpc) is 2.61. The molecule has 0 radical (unpaired) electrons. The predicted octanol–water partition coefficient (Wildman–Crippen LogP) is 1.09. The first kappa shape index (κ1) is 8.29. The molecule has 0 fully saturated rings. The maximum absolute atomic E-state index is 10.7. The first-order chi connectivity index (χ1) is 6.20. The van der Waals surface area contributed by atoms with E-state index in [-0.39, 0.29) is 0 Å². The average molecular weight is 180 g/mol. The summed E-state index contributed by atoms with van der Waals surface area (Å²) in [7, 11) is 0. The number of aliphatic carboxylic acids is 1.